The minimum atomic E-state index is -0.840. The van der Waals surface area contributed by atoms with Crippen LogP contribution in [0.15, 0.2) is 59.1 Å². The third-order valence-corrected chi connectivity index (χ3v) is 6.52. The van der Waals surface area contributed by atoms with Crippen molar-refractivity contribution in [2.24, 2.45) is 5.92 Å². The Kier molecular flexibility index (Phi) is 8.55. The zero-order valence-corrected chi connectivity index (χ0v) is 20.5. The molecule has 8 heteroatoms. The van der Waals surface area contributed by atoms with E-state index in [9.17, 15) is 9.59 Å². The van der Waals surface area contributed by atoms with Gasteiger partial charge in [0.2, 0.25) is 0 Å². The van der Waals surface area contributed by atoms with E-state index in [4.69, 9.17) is 25.6 Å². The number of nitrogens with zero attached hydrogens (tertiary/aromatic N) is 2. The number of Topliss-reactive ketones (excluding diaryl/α,β-unsaturated/α-hetero) is 1. The topological polar surface area (TPSA) is 81.9 Å². The number of carbonyl (C=O) groups excluding carboxylic acids is 2. The summed E-state index contributed by atoms with van der Waals surface area (Å²) in [5, 5.41) is 4.45. The first kappa shape index (κ1) is 24.9. The van der Waals surface area contributed by atoms with E-state index in [-0.39, 0.29) is 23.2 Å². The van der Waals surface area contributed by atoms with Crippen molar-refractivity contribution >= 4 is 23.5 Å². The number of likely N-dealkylation sites (tertiary alicyclic amines) is 1. The largest absolute Gasteiger partial charge is 0.513 e. The molecule has 0 saturated carbocycles. The molecule has 1 aliphatic rings. The smallest absolute Gasteiger partial charge is 0.434 e. The summed E-state index contributed by atoms with van der Waals surface area (Å²) in [6, 6.07) is 16.7. The van der Waals surface area contributed by atoms with Crippen LogP contribution in [0.2, 0.25) is 5.02 Å². The molecule has 0 unspecified atom stereocenters. The van der Waals surface area contributed by atoms with Crippen LogP contribution < -0.4 is 4.74 Å². The SMILES string of the molecule is CCOC(=O)Oc1cc(C(=O)CCC2CCN(Cc3cc(-c4ccccc4)no3)CC2)ccc1Cl. The number of benzene rings is 2. The molecular formula is C27H29ClN2O5. The molecule has 0 bridgehead atoms. The lowest BCUT2D eigenvalue weighted by atomic mass is 9.90. The second-order valence-electron chi connectivity index (χ2n) is 8.66. The van der Waals surface area contributed by atoms with Crippen molar-refractivity contribution in [1.82, 2.24) is 10.1 Å². The molecule has 0 aliphatic carbocycles. The number of hydrogen-bond acceptors (Lipinski definition) is 7. The zero-order chi connectivity index (χ0) is 24.6. The van der Waals surface area contributed by atoms with Gasteiger partial charge in [-0.15, -0.1) is 0 Å². The van der Waals surface area contributed by atoms with Crippen LogP contribution in [0, 0.1) is 5.92 Å². The Labute approximate surface area is 209 Å². The van der Waals surface area contributed by atoms with E-state index >= 15 is 0 Å². The van der Waals surface area contributed by atoms with Gasteiger partial charge in [-0.2, -0.15) is 0 Å². The van der Waals surface area contributed by atoms with Crippen molar-refractivity contribution in [1.29, 1.82) is 0 Å². The van der Waals surface area contributed by atoms with Crippen molar-refractivity contribution in [3.63, 3.8) is 0 Å². The first-order chi connectivity index (χ1) is 17.0. The summed E-state index contributed by atoms with van der Waals surface area (Å²) in [5.74, 6) is 1.49. The third-order valence-electron chi connectivity index (χ3n) is 6.20. The number of halogens is 1. The summed E-state index contributed by atoms with van der Waals surface area (Å²) in [7, 11) is 0. The monoisotopic (exact) mass is 496 g/mol. The van der Waals surface area contributed by atoms with E-state index < -0.39 is 6.16 Å². The maximum atomic E-state index is 12.7. The lowest BCUT2D eigenvalue weighted by molar-refractivity contribution is 0.0953. The van der Waals surface area contributed by atoms with Crippen LogP contribution in [0.1, 0.15) is 48.7 Å². The summed E-state index contributed by atoms with van der Waals surface area (Å²) in [5.41, 5.74) is 2.38. The number of ether oxygens (including phenoxy) is 2. The van der Waals surface area contributed by atoms with Crippen molar-refractivity contribution in [3.05, 3.63) is 70.9 Å². The highest BCUT2D eigenvalue weighted by atomic mass is 35.5. The Balaban J connectivity index is 1.23. The predicted molar refractivity (Wildman–Crippen MR) is 133 cm³/mol. The Morgan fingerprint density at radius 1 is 1.11 bits per heavy atom. The van der Waals surface area contributed by atoms with E-state index in [0.717, 1.165) is 55.9 Å². The Hall–Kier alpha value is -3.16. The summed E-state index contributed by atoms with van der Waals surface area (Å²) >= 11 is 6.09. The molecule has 0 N–H and O–H groups in total. The normalized spacial score (nSPS) is 14.6. The van der Waals surface area contributed by atoms with E-state index in [1.165, 1.54) is 6.07 Å². The van der Waals surface area contributed by atoms with Crippen LogP contribution in [-0.4, -0.2) is 41.7 Å². The first-order valence-corrected chi connectivity index (χ1v) is 12.3. The highest BCUT2D eigenvalue weighted by Gasteiger charge is 2.22. The Bertz CT molecular complexity index is 1140. The molecule has 3 aromatic rings. The third kappa shape index (κ3) is 6.93. The Morgan fingerprint density at radius 2 is 1.89 bits per heavy atom. The van der Waals surface area contributed by atoms with Crippen LogP contribution >= 0.6 is 11.6 Å². The molecule has 2 aromatic carbocycles. The highest BCUT2D eigenvalue weighted by Crippen LogP contribution is 2.29. The molecule has 1 fully saturated rings. The van der Waals surface area contributed by atoms with Gasteiger partial charge in [0.05, 0.1) is 18.2 Å². The van der Waals surface area contributed by atoms with Crippen molar-refractivity contribution in [2.45, 2.75) is 39.2 Å². The van der Waals surface area contributed by atoms with Gasteiger partial charge in [-0.3, -0.25) is 9.69 Å². The van der Waals surface area contributed by atoms with Gasteiger partial charge in [0.1, 0.15) is 5.69 Å². The molecule has 0 spiro atoms. The molecule has 35 heavy (non-hydrogen) atoms. The molecule has 1 aliphatic heterocycles. The van der Waals surface area contributed by atoms with E-state index in [1.54, 1.807) is 19.1 Å². The van der Waals surface area contributed by atoms with Crippen LogP contribution in [0.4, 0.5) is 4.79 Å². The molecule has 184 valence electrons. The highest BCUT2D eigenvalue weighted by molar-refractivity contribution is 6.32. The summed E-state index contributed by atoms with van der Waals surface area (Å²) < 4.78 is 15.4. The van der Waals surface area contributed by atoms with Crippen molar-refractivity contribution in [2.75, 3.05) is 19.7 Å². The number of piperidine rings is 1. The number of hydrogen-bond donors (Lipinski definition) is 0. The zero-order valence-electron chi connectivity index (χ0n) is 19.7. The number of rotatable bonds is 9. The molecule has 7 nitrogen and oxygen atoms in total. The van der Waals surface area contributed by atoms with Crippen LogP contribution in [-0.2, 0) is 11.3 Å². The van der Waals surface area contributed by atoms with Gasteiger partial charge in [-0.1, -0.05) is 47.1 Å². The predicted octanol–water partition coefficient (Wildman–Crippen LogP) is 6.41. The van der Waals surface area contributed by atoms with Crippen LogP contribution in [0.3, 0.4) is 0 Å². The second kappa shape index (κ2) is 12.0. The molecule has 2 heterocycles. The fourth-order valence-electron chi connectivity index (χ4n) is 4.26. The maximum absolute atomic E-state index is 12.7. The molecule has 0 atom stereocenters. The van der Waals surface area contributed by atoms with Crippen LogP contribution in [0.5, 0.6) is 5.75 Å². The van der Waals surface area contributed by atoms with E-state index in [0.29, 0.717) is 17.9 Å². The fraction of sp³-hybridized carbons (Fsp3) is 0.370. The number of aromatic nitrogens is 1. The van der Waals surface area contributed by atoms with Gasteiger partial charge >= 0.3 is 6.16 Å². The van der Waals surface area contributed by atoms with Gasteiger partial charge in [0.25, 0.3) is 0 Å². The van der Waals surface area contributed by atoms with Crippen LogP contribution in [0.25, 0.3) is 11.3 Å². The number of carbonyl (C=O) groups is 2. The van der Waals surface area contributed by atoms with E-state index in [1.807, 2.05) is 36.4 Å². The Morgan fingerprint density at radius 3 is 2.63 bits per heavy atom. The van der Waals surface area contributed by atoms with E-state index in [2.05, 4.69) is 10.1 Å². The molecule has 0 radical (unpaired) electrons. The molecule has 1 aromatic heterocycles. The maximum Gasteiger partial charge on any atom is 0.513 e. The summed E-state index contributed by atoms with van der Waals surface area (Å²) in [6.45, 7) is 4.53. The molecule has 0 amide bonds. The standard InChI is InChI=1S/C27H29ClN2O5/c1-2-33-27(32)34-26-16-21(9-10-23(26)28)25(31)11-8-19-12-14-30(15-13-19)18-22-17-24(29-35-22)20-6-4-3-5-7-20/h3-7,9-10,16-17,19H,2,8,11-15,18H2,1H3. The van der Waals surface area contributed by atoms with Gasteiger partial charge in [0, 0.05) is 23.6 Å². The van der Waals surface area contributed by atoms with Gasteiger partial charge in [-0.05, 0) is 63.4 Å². The minimum absolute atomic E-state index is 0.00732. The average molecular weight is 497 g/mol. The molecular weight excluding hydrogens is 468 g/mol. The van der Waals surface area contributed by atoms with Crippen molar-refractivity contribution in [3.8, 4) is 17.0 Å². The first-order valence-electron chi connectivity index (χ1n) is 11.9. The minimum Gasteiger partial charge on any atom is -0.434 e. The number of ketones is 1. The second-order valence-corrected chi connectivity index (χ2v) is 9.06. The molecule has 1 saturated heterocycles. The lowest BCUT2D eigenvalue weighted by Gasteiger charge is -2.31. The fourth-order valence-corrected chi connectivity index (χ4v) is 4.41. The average Bonchev–Trinajstić information content (AvgIpc) is 3.34. The van der Waals surface area contributed by atoms with Gasteiger partial charge in [0.15, 0.2) is 17.3 Å². The van der Waals surface area contributed by atoms with Gasteiger partial charge < -0.3 is 14.0 Å². The summed E-state index contributed by atoms with van der Waals surface area (Å²) in [6.07, 6.45) is 2.49. The lowest BCUT2D eigenvalue weighted by Crippen LogP contribution is -2.33. The quantitative estimate of drug-likeness (QED) is 0.192. The van der Waals surface area contributed by atoms with Gasteiger partial charge in [-0.25, -0.2) is 4.79 Å². The molecule has 4 rings (SSSR count). The van der Waals surface area contributed by atoms with Crippen molar-refractivity contribution < 1.29 is 23.6 Å². The summed E-state index contributed by atoms with van der Waals surface area (Å²) in [4.78, 5) is 26.7.